The van der Waals surface area contributed by atoms with Gasteiger partial charge in [0.1, 0.15) is 5.50 Å². The summed E-state index contributed by atoms with van der Waals surface area (Å²) in [7, 11) is 0. The molecule has 5 nitrogen and oxygen atoms in total. The minimum atomic E-state index is -0.427. The Morgan fingerprint density at radius 3 is 2.60 bits per heavy atom. The van der Waals surface area contributed by atoms with Gasteiger partial charge >= 0.3 is 0 Å². The third-order valence-electron chi connectivity index (χ3n) is 5.18. The molecule has 1 heterocycles. The van der Waals surface area contributed by atoms with Crippen LogP contribution in [0.3, 0.4) is 0 Å². The molecule has 1 saturated heterocycles. The van der Waals surface area contributed by atoms with Gasteiger partial charge in [0.2, 0.25) is 11.8 Å². The van der Waals surface area contributed by atoms with Gasteiger partial charge in [-0.25, -0.2) is 0 Å². The minimum Gasteiger partial charge on any atom is -0.370 e. The number of anilines is 1. The zero-order chi connectivity index (χ0) is 18.0. The number of rotatable bonds is 5. The lowest BCUT2D eigenvalue weighted by Gasteiger charge is -2.31. The first-order valence-electron chi connectivity index (χ1n) is 9.06. The van der Waals surface area contributed by atoms with E-state index in [1.54, 1.807) is 0 Å². The van der Waals surface area contributed by atoms with Crippen LogP contribution in [0.1, 0.15) is 49.7 Å². The average Bonchev–Trinajstić information content (AvgIpc) is 2.86. The number of hydrogen-bond donors (Lipinski definition) is 2. The van der Waals surface area contributed by atoms with E-state index >= 15 is 0 Å². The van der Waals surface area contributed by atoms with Crippen LogP contribution in [0.5, 0.6) is 0 Å². The molecule has 1 aromatic carbocycles. The van der Waals surface area contributed by atoms with Crippen molar-refractivity contribution in [3.8, 4) is 0 Å². The molecule has 0 spiro atoms. The molecule has 1 aliphatic heterocycles. The van der Waals surface area contributed by atoms with Crippen molar-refractivity contribution in [2.45, 2.75) is 69.2 Å². The van der Waals surface area contributed by atoms with Gasteiger partial charge in [-0.1, -0.05) is 25.3 Å². The fourth-order valence-corrected chi connectivity index (χ4v) is 5.01. The van der Waals surface area contributed by atoms with Crippen molar-refractivity contribution in [1.82, 2.24) is 5.32 Å². The molecule has 25 heavy (non-hydrogen) atoms. The Hall–Kier alpha value is -1.53. The van der Waals surface area contributed by atoms with Crippen LogP contribution in [0.4, 0.5) is 5.69 Å². The molecule has 0 bridgehead atoms. The van der Waals surface area contributed by atoms with Crippen molar-refractivity contribution >= 4 is 29.3 Å². The van der Waals surface area contributed by atoms with Crippen LogP contribution in [0.2, 0.25) is 0 Å². The summed E-state index contributed by atoms with van der Waals surface area (Å²) < 4.78 is 0. The quantitative estimate of drug-likeness (QED) is 0.846. The molecular formula is C19H27N3O2S. The lowest BCUT2D eigenvalue weighted by atomic mass is 9.96. The fraction of sp³-hybridized carbons (Fsp3) is 0.579. The minimum absolute atomic E-state index is 0.0274. The Kier molecular flexibility index (Phi) is 5.69. The summed E-state index contributed by atoms with van der Waals surface area (Å²) >= 11 is 1.52. The first kappa shape index (κ1) is 18.3. The highest BCUT2D eigenvalue weighted by atomic mass is 32.2. The number of benzene rings is 1. The molecule has 6 heteroatoms. The van der Waals surface area contributed by atoms with Crippen LogP contribution < -0.4 is 16.0 Å². The van der Waals surface area contributed by atoms with E-state index in [1.807, 2.05) is 17.0 Å². The summed E-state index contributed by atoms with van der Waals surface area (Å²) in [5, 5.41) is 3.25. The van der Waals surface area contributed by atoms with Gasteiger partial charge in [0, 0.05) is 18.2 Å². The molecule has 2 aliphatic rings. The molecule has 136 valence electrons. The zero-order valence-electron chi connectivity index (χ0n) is 15.0. The second-order valence-corrected chi connectivity index (χ2v) is 8.41. The molecule has 3 N–H and O–H groups in total. The van der Waals surface area contributed by atoms with Crippen LogP contribution in [0.15, 0.2) is 18.2 Å². The average molecular weight is 362 g/mol. The molecule has 3 rings (SSSR count). The Morgan fingerprint density at radius 1 is 1.24 bits per heavy atom. The molecule has 2 unspecified atom stereocenters. The Balaban J connectivity index is 1.84. The van der Waals surface area contributed by atoms with E-state index in [-0.39, 0.29) is 17.8 Å². The Bertz CT molecular complexity index is 658. The van der Waals surface area contributed by atoms with Crippen LogP contribution in [-0.2, 0) is 9.59 Å². The number of primary amides is 1. The maximum absolute atomic E-state index is 12.9. The SMILES string of the molecule is Cc1ccc(N2C(=O)C(CC(N)=O)SC2NC2CCCCC2)cc1C. The largest absolute Gasteiger partial charge is 0.370 e. The molecule has 1 saturated carbocycles. The van der Waals surface area contributed by atoms with E-state index in [9.17, 15) is 9.59 Å². The lowest BCUT2D eigenvalue weighted by molar-refractivity contribution is -0.122. The van der Waals surface area contributed by atoms with Crippen molar-refractivity contribution in [2.24, 2.45) is 5.73 Å². The van der Waals surface area contributed by atoms with E-state index in [0.717, 1.165) is 24.1 Å². The highest BCUT2D eigenvalue weighted by molar-refractivity contribution is 8.01. The molecule has 1 aromatic rings. The van der Waals surface area contributed by atoms with Gasteiger partial charge in [0.05, 0.1) is 5.25 Å². The van der Waals surface area contributed by atoms with E-state index in [4.69, 9.17) is 5.73 Å². The maximum atomic E-state index is 12.9. The van der Waals surface area contributed by atoms with Gasteiger partial charge < -0.3 is 5.73 Å². The lowest BCUT2D eigenvalue weighted by Crippen LogP contribution is -2.47. The summed E-state index contributed by atoms with van der Waals surface area (Å²) in [6.45, 7) is 4.12. The van der Waals surface area contributed by atoms with Gasteiger partial charge in [0.25, 0.3) is 0 Å². The second kappa shape index (κ2) is 7.79. The summed E-state index contributed by atoms with van der Waals surface area (Å²) in [6, 6.07) is 6.51. The van der Waals surface area contributed by atoms with Crippen molar-refractivity contribution < 1.29 is 9.59 Å². The number of hydrogen-bond acceptors (Lipinski definition) is 4. The van der Waals surface area contributed by atoms with Gasteiger partial charge in [-0.2, -0.15) is 0 Å². The number of thioether (sulfide) groups is 1. The second-order valence-electron chi connectivity index (χ2n) is 7.13. The van der Waals surface area contributed by atoms with E-state index in [1.165, 1.54) is 36.6 Å². The molecule has 2 amide bonds. The predicted octanol–water partition coefficient (Wildman–Crippen LogP) is 2.83. The number of nitrogens with two attached hydrogens (primary N) is 1. The summed E-state index contributed by atoms with van der Waals surface area (Å²) in [5.41, 5.74) is 8.46. The van der Waals surface area contributed by atoms with Crippen molar-refractivity contribution in [1.29, 1.82) is 0 Å². The first-order valence-corrected chi connectivity index (χ1v) is 10.00. The highest BCUT2D eigenvalue weighted by Gasteiger charge is 2.42. The van der Waals surface area contributed by atoms with E-state index in [2.05, 4.69) is 25.2 Å². The summed E-state index contributed by atoms with van der Waals surface area (Å²) in [6.07, 6.45) is 6.14. The van der Waals surface area contributed by atoms with Gasteiger partial charge in [-0.15, -0.1) is 11.8 Å². The molecule has 2 fully saturated rings. The Labute approximate surface area is 153 Å². The highest BCUT2D eigenvalue weighted by Crippen LogP contribution is 2.37. The number of carbonyl (C=O) groups is 2. The topological polar surface area (TPSA) is 75.4 Å². The molecule has 1 aliphatic carbocycles. The first-order chi connectivity index (χ1) is 12.0. The summed E-state index contributed by atoms with van der Waals surface area (Å²) in [5.74, 6) is -0.454. The summed E-state index contributed by atoms with van der Waals surface area (Å²) in [4.78, 5) is 26.1. The fourth-order valence-electron chi connectivity index (χ4n) is 3.59. The monoisotopic (exact) mass is 361 g/mol. The van der Waals surface area contributed by atoms with E-state index < -0.39 is 11.2 Å². The number of aryl methyl sites for hydroxylation is 2. The normalized spacial score (nSPS) is 24.7. The number of amides is 2. The van der Waals surface area contributed by atoms with Crippen molar-refractivity contribution in [3.63, 3.8) is 0 Å². The van der Waals surface area contributed by atoms with Crippen molar-refractivity contribution in [2.75, 3.05) is 4.90 Å². The molecule has 0 radical (unpaired) electrons. The van der Waals surface area contributed by atoms with Crippen LogP contribution in [0.25, 0.3) is 0 Å². The smallest absolute Gasteiger partial charge is 0.242 e. The van der Waals surface area contributed by atoms with Crippen LogP contribution in [-0.4, -0.2) is 28.6 Å². The maximum Gasteiger partial charge on any atom is 0.242 e. The molecular weight excluding hydrogens is 334 g/mol. The number of carbonyl (C=O) groups excluding carboxylic acids is 2. The molecule has 2 atom stereocenters. The predicted molar refractivity (Wildman–Crippen MR) is 102 cm³/mol. The number of nitrogens with one attached hydrogen (secondary N) is 1. The van der Waals surface area contributed by atoms with Crippen molar-refractivity contribution in [3.05, 3.63) is 29.3 Å². The molecule has 0 aromatic heterocycles. The van der Waals surface area contributed by atoms with Gasteiger partial charge in [-0.3, -0.25) is 19.8 Å². The van der Waals surface area contributed by atoms with Crippen LogP contribution in [0, 0.1) is 13.8 Å². The van der Waals surface area contributed by atoms with Gasteiger partial charge in [0.15, 0.2) is 0 Å². The standard InChI is InChI=1S/C19H27N3O2S/c1-12-8-9-15(10-13(12)2)22-18(24)16(11-17(20)23)25-19(22)21-14-6-4-3-5-7-14/h8-10,14,16,19,21H,3-7,11H2,1-2H3,(H2,20,23). The zero-order valence-corrected chi connectivity index (χ0v) is 15.8. The number of nitrogens with zero attached hydrogens (tertiary/aromatic N) is 1. The Morgan fingerprint density at radius 2 is 1.96 bits per heavy atom. The van der Waals surface area contributed by atoms with Gasteiger partial charge in [-0.05, 0) is 49.9 Å². The van der Waals surface area contributed by atoms with E-state index in [0.29, 0.717) is 6.04 Å². The third kappa shape index (κ3) is 4.18. The van der Waals surface area contributed by atoms with Crippen LogP contribution >= 0.6 is 11.8 Å². The third-order valence-corrected chi connectivity index (χ3v) is 6.48.